The van der Waals surface area contributed by atoms with Crippen LogP contribution in [0.15, 0.2) is 12.3 Å². The average molecular weight is 256 g/mol. The van der Waals surface area contributed by atoms with Crippen molar-refractivity contribution < 1.29 is 5.11 Å². The molecule has 1 aromatic heterocycles. The fraction of sp³-hybridized carbons (Fsp3) is 0.583. The Hall–Kier alpha value is -0.840. The van der Waals surface area contributed by atoms with Crippen molar-refractivity contribution in [2.45, 2.75) is 19.6 Å². The van der Waals surface area contributed by atoms with Gasteiger partial charge in [0.2, 0.25) is 0 Å². The number of hydrogen-bond acceptors (Lipinski definition) is 4. The van der Waals surface area contributed by atoms with Crippen LogP contribution < -0.4 is 4.90 Å². The topological polar surface area (TPSA) is 39.6 Å². The van der Waals surface area contributed by atoms with Crippen LogP contribution in [0, 0.1) is 0 Å². The molecule has 1 saturated heterocycles. The molecular weight excluding hydrogens is 238 g/mol. The summed E-state index contributed by atoms with van der Waals surface area (Å²) < 4.78 is 0. The molecule has 4 nitrogen and oxygen atoms in total. The molecule has 5 heteroatoms. The molecule has 0 spiro atoms. The number of anilines is 1. The third kappa shape index (κ3) is 2.70. The number of aliphatic hydroxyl groups is 1. The molecule has 1 N–H and O–H groups in total. The molecule has 0 bridgehead atoms. The molecule has 17 heavy (non-hydrogen) atoms. The Labute approximate surface area is 107 Å². The fourth-order valence-corrected chi connectivity index (χ4v) is 2.18. The Morgan fingerprint density at radius 1 is 1.53 bits per heavy atom. The Morgan fingerprint density at radius 2 is 2.29 bits per heavy atom. The van der Waals surface area contributed by atoms with E-state index in [-0.39, 0.29) is 6.61 Å². The van der Waals surface area contributed by atoms with E-state index in [0.29, 0.717) is 11.1 Å². The maximum Gasteiger partial charge on any atom is 0.129 e. The van der Waals surface area contributed by atoms with Crippen molar-refractivity contribution >= 4 is 17.4 Å². The summed E-state index contributed by atoms with van der Waals surface area (Å²) in [4.78, 5) is 8.90. The van der Waals surface area contributed by atoms with Crippen molar-refractivity contribution in [3.05, 3.63) is 22.8 Å². The van der Waals surface area contributed by atoms with Crippen LogP contribution in [-0.2, 0) is 6.61 Å². The van der Waals surface area contributed by atoms with Crippen molar-refractivity contribution in [3.8, 4) is 0 Å². The van der Waals surface area contributed by atoms with Crippen LogP contribution in [-0.4, -0.2) is 47.7 Å². The highest BCUT2D eigenvalue weighted by Gasteiger charge is 2.21. The number of pyridine rings is 1. The van der Waals surface area contributed by atoms with Gasteiger partial charge in [0.15, 0.2) is 0 Å². The Morgan fingerprint density at radius 3 is 2.94 bits per heavy atom. The average Bonchev–Trinajstić information content (AvgIpc) is 2.33. The van der Waals surface area contributed by atoms with E-state index < -0.39 is 0 Å². The predicted octanol–water partition coefficient (Wildman–Crippen LogP) is 1.37. The molecule has 1 atom stereocenters. The zero-order chi connectivity index (χ0) is 12.4. The van der Waals surface area contributed by atoms with E-state index >= 15 is 0 Å². The first-order chi connectivity index (χ1) is 8.11. The minimum absolute atomic E-state index is 0.0440. The highest BCUT2D eigenvalue weighted by Crippen LogP contribution is 2.22. The molecule has 1 aromatic rings. The molecule has 1 unspecified atom stereocenters. The number of aromatic nitrogens is 1. The summed E-state index contributed by atoms with van der Waals surface area (Å²) in [7, 11) is 2.14. The van der Waals surface area contributed by atoms with Gasteiger partial charge in [-0.1, -0.05) is 11.6 Å². The van der Waals surface area contributed by atoms with Crippen LogP contribution in [0.1, 0.15) is 12.5 Å². The number of likely N-dealkylation sites (N-methyl/N-ethyl adjacent to an activating group) is 1. The van der Waals surface area contributed by atoms with E-state index in [1.165, 1.54) is 0 Å². The second-order valence-corrected chi connectivity index (χ2v) is 4.97. The van der Waals surface area contributed by atoms with Gasteiger partial charge in [0, 0.05) is 37.4 Å². The molecule has 0 aliphatic carbocycles. The predicted molar refractivity (Wildman–Crippen MR) is 69.5 cm³/mol. The van der Waals surface area contributed by atoms with Gasteiger partial charge in [-0.15, -0.1) is 0 Å². The SMILES string of the molecule is CC1CN(c2cc(CO)c(Cl)cn2)CCN1C. The van der Waals surface area contributed by atoms with Gasteiger partial charge >= 0.3 is 0 Å². The molecule has 0 saturated carbocycles. The molecule has 94 valence electrons. The van der Waals surface area contributed by atoms with Crippen molar-refractivity contribution in [3.63, 3.8) is 0 Å². The van der Waals surface area contributed by atoms with E-state index in [4.69, 9.17) is 11.6 Å². The van der Waals surface area contributed by atoms with Gasteiger partial charge < -0.3 is 14.9 Å². The fourth-order valence-electron chi connectivity index (χ4n) is 2.02. The summed E-state index contributed by atoms with van der Waals surface area (Å²) in [5.74, 6) is 0.901. The van der Waals surface area contributed by atoms with E-state index in [0.717, 1.165) is 31.0 Å². The highest BCUT2D eigenvalue weighted by molar-refractivity contribution is 6.31. The van der Waals surface area contributed by atoms with Crippen molar-refractivity contribution in [2.24, 2.45) is 0 Å². The summed E-state index contributed by atoms with van der Waals surface area (Å²) in [6, 6.07) is 2.39. The van der Waals surface area contributed by atoms with Crippen LogP contribution in [0.3, 0.4) is 0 Å². The lowest BCUT2D eigenvalue weighted by Crippen LogP contribution is -2.50. The van der Waals surface area contributed by atoms with Gasteiger partial charge in [-0.3, -0.25) is 0 Å². The Kier molecular flexibility index (Phi) is 3.86. The zero-order valence-corrected chi connectivity index (χ0v) is 11.0. The van der Waals surface area contributed by atoms with Crippen LogP contribution in [0.25, 0.3) is 0 Å². The first kappa shape index (κ1) is 12.6. The van der Waals surface area contributed by atoms with E-state index in [1.54, 1.807) is 6.20 Å². The molecule has 0 amide bonds. The molecule has 0 aromatic carbocycles. The lowest BCUT2D eigenvalue weighted by Gasteiger charge is -2.38. The monoisotopic (exact) mass is 255 g/mol. The summed E-state index contributed by atoms with van der Waals surface area (Å²) in [6.45, 7) is 5.10. The summed E-state index contributed by atoms with van der Waals surface area (Å²) in [5.41, 5.74) is 0.739. The van der Waals surface area contributed by atoms with Crippen LogP contribution >= 0.6 is 11.6 Å². The third-order valence-electron chi connectivity index (χ3n) is 3.37. The zero-order valence-electron chi connectivity index (χ0n) is 10.2. The molecule has 1 fully saturated rings. The normalized spacial score (nSPS) is 21.9. The third-order valence-corrected chi connectivity index (χ3v) is 3.71. The highest BCUT2D eigenvalue weighted by atomic mass is 35.5. The van der Waals surface area contributed by atoms with Gasteiger partial charge in [-0.25, -0.2) is 4.98 Å². The molecule has 2 heterocycles. The minimum atomic E-state index is -0.0440. The first-order valence-electron chi connectivity index (χ1n) is 5.82. The van der Waals surface area contributed by atoms with E-state index in [9.17, 15) is 5.11 Å². The number of rotatable bonds is 2. The number of piperazine rings is 1. The van der Waals surface area contributed by atoms with Crippen LogP contribution in [0.2, 0.25) is 5.02 Å². The number of aliphatic hydroxyl groups excluding tert-OH is 1. The van der Waals surface area contributed by atoms with Crippen LogP contribution in [0.5, 0.6) is 0 Å². The molecular formula is C12H18ClN3O. The van der Waals surface area contributed by atoms with E-state index in [1.807, 2.05) is 6.07 Å². The van der Waals surface area contributed by atoms with Crippen molar-refractivity contribution in [2.75, 3.05) is 31.6 Å². The summed E-state index contributed by atoms with van der Waals surface area (Å²) in [6.07, 6.45) is 1.62. The first-order valence-corrected chi connectivity index (χ1v) is 6.20. The summed E-state index contributed by atoms with van der Waals surface area (Å²) >= 11 is 5.94. The minimum Gasteiger partial charge on any atom is -0.392 e. The molecule has 2 rings (SSSR count). The van der Waals surface area contributed by atoms with Crippen molar-refractivity contribution in [1.29, 1.82) is 0 Å². The number of halogens is 1. The number of nitrogens with zero attached hydrogens (tertiary/aromatic N) is 3. The maximum atomic E-state index is 9.20. The largest absolute Gasteiger partial charge is 0.392 e. The Balaban J connectivity index is 2.17. The lowest BCUT2D eigenvalue weighted by molar-refractivity contribution is 0.233. The maximum absolute atomic E-state index is 9.20. The Bertz CT molecular complexity index is 399. The second kappa shape index (κ2) is 5.21. The summed E-state index contributed by atoms with van der Waals surface area (Å²) in [5, 5.41) is 9.72. The quantitative estimate of drug-likeness (QED) is 0.867. The van der Waals surface area contributed by atoms with Crippen molar-refractivity contribution in [1.82, 2.24) is 9.88 Å². The number of hydrogen-bond donors (Lipinski definition) is 1. The van der Waals surface area contributed by atoms with Gasteiger partial charge in [0.1, 0.15) is 5.82 Å². The van der Waals surface area contributed by atoms with Crippen LogP contribution in [0.4, 0.5) is 5.82 Å². The van der Waals surface area contributed by atoms with Gasteiger partial charge in [-0.2, -0.15) is 0 Å². The molecule has 0 radical (unpaired) electrons. The smallest absolute Gasteiger partial charge is 0.129 e. The lowest BCUT2D eigenvalue weighted by atomic mass is 10.2. The standard InChI is InChI=1S/C12H18ClN3O/c1-9-7-16(4-3-15(9)2)12-5-10(8-17)11(13)6-14-12/h5-6,9,17H,3-4,7-8H2,1-2H3. The molecule has 1 aliphatic heterocycles. The van der Waals surface area contributed by atoms with Gasteiger partial charge in [0.05, 0.1) is 11.6 Å². The van der Waals surface area contributed by atoms with Gasteiger partial charge in [-0.05, 0) is 20.0 Å². The van der Waals surface area contributed by atoms with Gasteiger partial charge in [0.25, 0.3) is 0 Å². The van der Waals surface area contributed by atoms with E-state index in [2.05, 4.69) is 28.8 Å². The second-order valence-electron chi connectivity index (χ2n) is 4.57. The molecule has 1 aliphatic rings.